The first-order valence-electron chi connectivity index (χ1n) is 8.53. The molecule has 4 nitrogen and oxygen atoms in total. The Morgan fingerprint density at radius 3 is 2.60 bits per heavy atom. The zero-order valence-electron chi connectivity index (χ0n) is 13.8. The van der Waals surface area contributed by atoms with Crippen LogP contribution in [-0.2, 0) is 0 Å². The second-order valence-corrected chi connectivity index (χ2v) is 7.86. The third-order valence-electron chi connectivity index (χ3n) is 5.28. The third-order valence-corrected chi connectivity index (χ3v) is 5.78. The van der Waals surface area contributed by atoms with E-state index < -0.39 is 5.95 Å². The van der Waals surface area contributed by atoms with E-state index in [9.17, 15) is 9.18 Å². The van der Waals surface area contributed by atoms with Crippen molar-refractivity contribution in [2.75, 3.05) is 23.3 Å². The topological polar surface area (TPSA) is 45.2 Å². The highest BCUT2D eigenvalue weighted by atomic mass is 79.9. The Morgan fingerprint density at radius 2 is 1.92 bits per heavy atom. The van der Waals surface area contributed by atoms with E-state index in [-0.39, 0.29) is 11.7 Å². The van der Waals surface area contributed by atoms with Crippen molar-refractivity contribution in [3.63, 3.8) is 0 Å². The van der Waals surface area contributed by atoms with Crippen molar-refractivity contribution >= 4 is 33.3 Å². The second kappa shape index (κ2) is 6.41. The quantitative estimate of drug-likeness (QED) is 0.760. The van der Waals surface area contributed by atoms with Gasteiger partial charge in [0, 0.05) is 17.6 Å². The molecule has 0 bridgehead atoms. The number of hydrogen-bond acceptors (Lipinski definition) is 3. The van der Waals surface area contributed by atoms with Crippen LogP contribution in [0.3, 0.4) is 0 Å². The molecule has 1 saturated carbocycles. The molecule has 2 aromatic rings. The van der Waals surface area contributed by atoms with Crippen molar-refractivity contribution < 1.29 is 9.18 Å². The largest absolute Gasteiger partial charge is 0.371 e. The average molecular weight is 404 g/mol. The third kappa shape index (κ3) is 3.54. The number of aromatic nitrogens is 1. The summed E-state index contributed by atoms with van der Waals surface area (Å²) >= 11 is 3.50. The van der Waals surface area contributed by atoms with Gasteiger partial charge in [0.15, 0.2) is 0 Å². The molecule has 1 aliphatic heterocycles. The number of nitrogens with one attached hydrogen (secondary N) is 1. The molecule has 0 atom stereocenters. The molecule has 1 amide bonds. The Labute approximate surface area is 154 Å². The van der Waals surface area contributed by atoms with E-state index in [1.807, 2.05) is 12.1 Å². The van der Waals surface area contributed by atoms with E-state index in [1.165, 1.54) is 37.8 Å². The number of anilines is 2. The maximum absolute atomic E-state index is 13.2. The summed E-state index contributed by atoms with van der Waals surface area (Å²) in [5, 5.41) is 2.69. The number of benzene rings is 1. The summed E-state index contributed by atoms with van der Waals surface area (Å²) in [4.78, 5) is 18.7. The number of nitrogens with zero attached hydrogens (tertiary/aromatic N) is 2. The van der Waals surface area contributed by atoms with Crippen LogP contribution in [0.25, 0.3) is 0 Å². The number of hydrogen-bond donors (Lipinski definition) is 1. The fraction of sp³-hybridized carbons (Fsp3) is 0.368. The highest BCUT2D eigenvalue weighted by Crippen LogP contribution is 2.54. The number of halogens is 2. The minimum Gasteiger partial charge on any atom is -0.371 e. The van der Waals surface area contributed by atoms with Gasteiger partial charge < -0.3 is 10.2 Å². The molecule has 1 spiro atoms. The summed E-state index contributed by atoms with van der Waals surface area (Å²) in [7, 11) is 0. The molecule has 2 aliphatic rings. The minimum absolute atomic E-state index is 0.217. The highest BCUT2D eigenvalue weighted by Gasteiger charge is 2.44. The van der Waals surface area contributed by atoms with Crippen LogP contribution in [0.1, 0.15) is 36.0 Å². The Balaban J connectivity index is 1.57. The van der Waals surface area contributed by atoms with Crippen LogP contribution in [0, 0.1) is 11.4 Å². The van der Waals surface area contributed by atoms with E-state index >= 15 is 0 Å². The van der Waals surface area contributed by atoms with Gasteiger partial charge in [-0.1, -0.05) is 22.0 Å². The Hall–Kier alpha value is -1.95. The first kappa shape index (κ1) is 16.5. The van der Waals surface area contributed by atoms with E-state index in [0.29, 0.717) is 11.0 Å². The van der Waals surface area contributed by atoms with Crippen LogP contribution in [-0.4, -0.2) is 24.0 Å². The molecule has 0 unspecified atom stereocenters. The highest BCUT2D eigenvalue weighted by molar-refractivity contribution is 9.10. The number of pyridine rings is 1. The molecule has 2 fully saturated rings. The molecule has 1 aromatic heterocycles. The van der Waals surface area contributed by atoms with Gasteiger partial charge in [-0.05, 0) is 61.4 Å². The molecule has 1 N–H and O–H groups in total. The van der Waals surface area contributed by atoms with Crippen LogP contribution in [0.5, 0.6) is 0 Å². The van der Waals surface area contributed by atoms with Crippen LogP contribution in [0.2, 0.25) is 0 Å². The first-order valence-corrected chi connectivity index (χ1v) is 9.32. The molecule has 4 rings (SSSR count). The van der Waals surface area contributed by atoms with Gasteiger partial charge in [0.1, 0.15) is 5.82 Å². The van der Waals surface area contributed by atoms with Crippen molar-refractivity contribution in [3.05, 3.63) is 52.4 Å². The Bertz CT molecular complexity index is 812. The zero-order chi connectivity index (χ0) is 17.4. The molecule has 1 aliphatic carbocycles. The lowest BCUT2D eigenvalue weighted by atomic mass is 9.93. The fourth-order valence-electron chi connectivity index (χ4n) is 3.52. The van der Waals surface area contributed by atoms with Gasteiger partial charge in [0.25, 0.3) is 5.91 Å². The van der Waals surface area contributed by atoms with Gasteiger partial charge in [0.2, 0.25) is 5.95 Å². The van der Waals surface area contributed by atoms with Gasteiger partial charge in [-0.2, -0.15) is 4.39 Å². The Kier molecular flexibility index (Phi) is 4.23. The number of carbonyl (C=O) groups excluding carboxylic acids is 1. The number of rotatable bonds is 3. The maximum atomic E-state index is 13.2. The summed E-state index contributed by atoms with van der Waals surface area (Å²) in [5.41, 5.74) is 2.08. The monoisotopic (exact) mass is 403 g/mol. The minimum atomic E-state index is -0.611. The van der Waals surface area contributed by atoms with Crippen LogP contribution in [0.4, 0.5) is 15.9 Å². The SMILES string of the molecule is O=C(Nc1cccc(F)n1)c1ccc(Br)cc1N1CCC2(CC1)CC2. The van der Waals surface area contributed by atoms with Crippen molar-refractivity contribution in [2.45, 2.75) is 25.7 Å². The summed E-state index contributed by atoms with van der Waals surface area (Å²) in [6.07, 6.45) is 5.06. The first-order chi connectivity index (χ1) is 12.0. The zero-order valence-corrected chi connectivity index (χ0v) is 15.4. The predicted molar refractivity (Wildman–Crippen MR) is 99.4 cm³/mol. The molecular formula is C19H19BrFN3O. The smallest absolute Gasteiger partial charge is 0.258 e. The van der Waals surface area contributed by atoms with Crippen molar-refractivity contribution in [3.8, 4) is 0 Å². The van der Waals surface area contributed by atoms with Gasteiger partial charge in [-0.25, -0.2) is 4.98 Å². The molecule has 6 heteroatoms. The van der Waals surface area contributed by atoms with E-state index in [4.69, 9.17) is 0 Å². The van der Waals surface area contributed by atoms with Gasteiger partial charge >= 0.3 is 0 Å². The van der Waals surface area contributed by atoms with Crippen molar-refractivity contribution in [2.24, 2.45) is 5.41 Å². The molecule has 2 heterocycles. The van der Waals surface area contributed by atoms with Crippen LogP contribution in [0.15, 0.2) is 40.9 Å². The van der Waals surface area contributed by atoms with E-state index in [1.54, 1.807) is 12.1 Å². The molecular weight excluding hydrogens is 385 g/mol. The number of amides is 1. The van der Waals surface area contributed by atoms with E-state index in [0.717, 1.165) is 23.2 Å². The lowest BCUT2D eigenvalue weighted by Gasteiger charge is -2.35. The lowest BCUT2D eigenvalue weighted by molar-refractivity contribution is 0.102. The summed E-state index contributed by atoms with van der Waals surface area (Å²) < 4.78 is 14.2. The summed E-state index contributed by atoms with van der Waals surface area (Å²) in [5.74, 6) is -0.665. The standard InChI is InChI=1S/C19H19BrFN3O/c20-13-4-5-14(18(25)23-17-3-1-2-16(21)22-17)15(12-13)24-10-8-19(6-7-19)9-11-24/h1-5,12H,6-11H2,(H,22,23,25). The van der Waals surface area contributed by atoms with Gasteiger partial charge in [-0.15, -0.1) is 0 Å². The molecule has 0 radical (unpaired) electrons. The Morgan fingerprint density at radius 1 is 1.16 bits per heavy atom. The predicted octanol–water partition coefficient (Wildman–Crippen LogP) is 4.62. The lowest BCUT2D eigenvalue weighted by Crippen LogP contribution is -2.35. The second-order valence-electron chi connectivity index (χ2n) is 6.95. The number of carbonyl (C=O) groups is 1. The van der Waals surface area contributed by atoms with Crippen molar-refractivity contribution in [1.29, 1.82) is 0 Å². The molecule has 130 valence electrons. The summed E-state index contributed by atoms with van der Waals surface area (Å²) in [6.45, 7) is 1.93. The molecule has 1 saturated heterocycles. The average Bonchev–Trinajstić information content (AvgIpc) is 3.34. The van der Waals surface area contributed by atoms with Gasteiger partial charge in [0.05, 0.1) is 11.3 Å². The molecule has 1 aromatic carbocycles. The molecule has 25 heavy (non-hydrogen) atoms. The normalized spacial score (nSPS) is 18.2. The maximum Gasteiger partial charge on any atom is 0.258 e. The fourth-order valence-corrected chi connectivity index (χ4v) is 3.87. The van der Waals surface area contributed by atoms with E-state index in [2.05, 4.69) is 31.1 Å². The van der Waals surface area contributed by atoms with Gasteiger partial charge in [-0.3, -0.25) is 4.79 Å². The van der Waals surface area contributed by atoms with Crippen LogP contribution >= 0.6 is 15.9 Å². The van der Waals surface area contributed by atoms with Crippen LogP contribution < -0.4 is 10.2 Å². The summed E-state index contributed by atoms with van der Waals surface area (Å²) in [6, 6.07) is 10.00. The van der Waals surface area contributed by atoms with Crippen molar-refractivity contribution in [1.82, 2.24) is 4.98 Å². The number of piperidine rings is 1.